The highest BCUT2D eigenvalue weighted by atomic mass is 16.5. The van der Waals surface area contributed by atoms with Gasteiger partial charge >= 0.3 is 0 Å². The standard InChI is InChI=1S/C78H80N2O6/c1-7-79(5,8-2)39-11-13-45-85-69-49-57-47-58(50-69)54-82-42-16-20-62-24-28-66-34-38-74-64(26-30-68-32-36-72(62)76(66)78(68)74)22-18-44-84-56-60-48-59(51-70(52-60)86-46-14-12-40-80(6,9-3)10-4)55-83-43-17-21-63-25-29-67-31-35-71-61(19-15-41-81-53-57)23-27-65-33-37-73(63)77(67)75(65)71/h23-38,47-52H,7-14,39-46,53-56H2,1-6H3/q+2. The normalized spacial score (nSPS) is 13.9. The lowest BCUT2D eigenvalue weighted by molar-refractivity contribution is -0.906. The van der Waals surface area contributed by atoms with E-state index < -0.39 is 0 Å². The molecule has 0 saturated heterocycles. The van der Waals surface area contributed by atoms with Crippen molar-refractivity contribution in [2.45, 2.75) is 79.8 Å². The highest BCUT2D eigenvalue weighted by Crippen LogP contribution is 2.39. The van der Waals surface area contributed by atoms with Crippen molar-refractivity contribution in [3.8, 4) is 58.9 Å². The van der Waals surface area contributed by atoms with Crippen molar-refractivity contribution < 1.29 is 37.4 Å². The van der Waals surface area contributed by atoms with Crippen molar-refractivity contribution in [1.82, 2.24) is 0 Å². The number of ether oxygens (including phenoxy) is 6. The van der Waals surface area contributed by atoms with Crippen molar-refractivity contribution in [2.24, 2.45) is 0 Å². The van der Waals surface area contributed by atoms with Gasteiger partial charge < -0.3 is 37.4 Å². The highest BCUT2D eigenvalue weighted by molar-refractivity contribution is 6.26. The third-order valence-corrected chi connectivity index (χ3v) is 17.8. The van der Waals surface area contributed by atoms with E-state index in [0.717, 1.165) is 151 Å². The molecule has 10 aromatic carbocycles. The fraction of sp³-hybridized carbons (Fsp3) is 0.333. The third-order valence-electron chi connectivity index (χ3n) is 17.8. The molecule has 10 aromatic rings. The van der Waals surface area contributed by atoms with Crippen molar-refractivity contribution in [1.29, 1.82) is 0 Å². The van der Waals surface area contributed by atoms with Crippen LogP contribution in [0.5, 0.6) is 11.5 Å². The van der Waals surface area contributed by atoms with Crippen LogP contribution >= 0.6 is 0 Å². The minimum atomic E-state index is 0.271. The molecule has 86 heavy (non-hydrogen) atoms. The Morgan fingerprint density at radius 1 is 0.349 bits per heavy atom. The van der Waals surface area contributed by atoms with E-state index in [4.69, 9.17) is 28.4 Å². The van der Waals surface area contributed by atoms with Gasteiger partial charge in [0.15, 0.2) is 0 Å². The second-order valence-electron chi connectivity index (χ2n) is 23.5. The molecule has 0 radical (unpaired) electrons. The summed E-state index contributed by atoms with van der Waals surface area (Å²) < 4.78 is 40.1. The molecule has 1 aliphatic rings. The second-order valence-corrected chi connectivity index (χ2v) is 23.5. The van der Waals surface area contributed by atoms with Crippen molar-refractivity contribution >= 4 is 64.6 Å². The lowest BCUT2D eigenvalue weighted by atomic mass is 9.90. The maximum Gasteiger partial charge on any atom is 0.120 e. The number of benzene rings is 10. The van der Waals surface area contributed by atoms with E-state index in [0.29, 0.717) is 39.6 Å². The zero-order valence-electron chi connectivity index (χ0n) is 51.2. The van der Waals surface area contributed by atoms with E-state index in [2.05, 4.69) is 223 Å². The van der Waals surface area contributed by atoms with Gasteiger partial charge in [-0.15, -0.1) is 0 Å². The zero-order chi connectivity index (χ0) is 59.3. The SMILES string of the molecule is CC[N+](C)(CC)CCCCOc1cc2cc(c1)COCC#Cc1ccc3ccc4c(ccc5ccc1c3c54)C#CCOCc1cc(cc(OCCCC[N+](C)(CC)CC)c1)COCC#Cc1ccc3ccc4c(ccc5ccc1c3c54)C#CCOC2. The summed E-state index contributed by atoms with van der Waals surface area (Å²) in [5.41, 5.74) is 7.88. The molecular formula is C78H80N2O6+2. The summed E-state index contributed by atoms with van der Waals surface area (Å²) in [5, 5.41) is 13.9. The molecule has 0 atom stereocenters. The molecule has 1 heterocycles. The highest BCUT2D eigenvalue weighted by Gasteiger charge is 2.18. The molecule has 8 nitrogen and oxygen atoms in total. The number of nitrogens with zero attached hydrogens (tertiary/aromatic N) is 2. The average Bonchev–Trinajstić information content (AvgIpc) is 3.43. The van der Waals surface area contributed by atoms with Crippen LogP contribution in [-0.2, 0) is 45.4 Å². The van der Waals surface area contributed by atoms with Gasteiger partial charge in [-0.05, 0) is 189 Å². The molecule has 1 aliphatic heterocycles. The summed E-state index contributed by atoms with van der Waals surface area (Å²) in [7, 11) is 4.67. The average molecular weight is 1140 g/mol. The fourth-order valence-corrected chi connectivity index (χ4v) is 12.1. The molecule has 0 fully saturated rings. The van der Waals surface area contributed by atoms with Gasteiger partial charge in [0.1, 0.15) is 37.9 Å². The van der Waals surface area contributed by atoms with Gasteiger partial charge in [-0.2, -0.15) is 0 Å². The molecule has 0 aromatic heterocycles. The van der Waals surface area contributed by atoms with Gasteiger partial charge in [0.2, 0.25) is 0 Å². The van der Waals surface area contributed by atoms with E-state index in [1.165, 1.54) is 43.1 Å². The number of fused-ring (bicyclic) bond motifs is 4. The Bertz CT molecular complexity index is 3760. The van der Waals surface area contributed by atoms with Gasteiger partial charge in [0.25, 0.3) is 0 Å². The van der Waals surface area contributed by atoms with Crippen LogP contribution in [0.15, 0.2) is 133 Å². The Kier molecular flexibility index (Phi) is 19.4. The Hall–Kier alpha value is -8.12. The van der Waals surface area contributed by atoms with Crippen LogP contribution in [0.2, 0.25) is 0 Å². The minimum Gasteiger partial charge on any atom is -0.494 e. The fourth-order valence-electron chi connectivity index (χ4n) is 12.1. The first-order chi connectivity index (χ1) is 42.1. The first kappa shape index (κ1) is 59.6. The molecule has 0 aliphatic carbocycles. The topological polar surface area (TPSA) is 55.4 Å². The predicted octanol–water partition coefficient (Wildman–Crippen LogP) is 15.4. The predicted molar refractivity (Wildman–Crippen MR) is 353 cm³/mol. The van der Waals surface area contributed by atoms with E-state index in [1.54, 1.807) is 0 Å². The minimum absolute atomic E-state index is 0.271. The monoisotopic (exact) mass is 1140 g/mol. The molecule has 16 bridgehead atoms. The Morgan fingerprint density at radius 2 is 0.616 bits per heavy atom. The Balaban J connectivity index is 0.869. The first-order valence-electron chi connectivity index (χ1n) is 31.0. The summed E-state index contributed by atoms with van der Waals surface area (Å²) in [6, 6.07) is 47.3. The van der Waals surface area contributed by atoms with E-state index in [1.807, 2.05) is 0 Å². The smallest absolute Gasteiger partial charge is 0.120 e. The van der Waals surface area contributed by atoms with Crippen LogP contribution < -0.4 is 9.47 Å². The maximum absolute atomic E-state index is 6.43. The van der Waals surface area contributed by atoms with Crippen LogP contribution in [0.25, 0.3) is 64.6 Å². The van der Waals surface area contributed by atoms with Crippen molar-refractivity contribution in [3.63, 3.8) is 0 Å². The first-order valence-corrected chi connectivity index (χ1v) is 31.0. The largest absolute Gasteiger partial charge is 0.494 e. The molecule has 0 saturated carbocycles. The number of hydrogen-bond donors (Lipinski definition) is 0. The maximum atomic E-state index is 6.43. The van der Waals surface area contributed by atoms with Gasteiger partial charge in [-0.25, -0.2) is 0 Å². The van der Waals surface area contributed by atoms with Crippen LogP contribution in [-0.4, -0.2) is 102 Å². The van der Waals surface area contributed by atoms with Crippen LogP contribution in [0.3, 0.4) is 0 Å². The zero-order valence-corrected chi connectivity index (χ0v) is 51.2. The number of hydrogen-bond acceptors (Lipinski definition) is 6. The third kappa shape index (κ3) is 14.1. The summed E-state index contributed by atoms with van der Waals surface area (Å²) in [6.07, 6.45) is 4.19. The summed E-state index contributed by atoms with van der Waals surface area (Å²) >= 11 is 0. The molecule has 8 heteroatoms. The van der Waals surface area contributed by atoms with E-state index in [-0.39, 0.29) is 26.4 Å². The summed E-state index contributed by atoms with van der Waals surface area (Å²) in [4.78, 5) is 0. The molecular weight excluding hydrogens is 1060 g/mol. The number of rotatable bonds is 16. The van der Waals surface area contributed by atoms with Gasteiger partial charge in [-0.3, -0.25) is 0 Å². The van der Waals surface area contributed by atoms with Gasteiger partial charge in [0.05, 0.1) is 93.0 Å². The van der Waals surface area contributed by atoms with Crippen LogP contribution in [0.1, 0.15) is 97.9 Å². The Labute approximate surface area is 509 Å². The lowest BCUT2D eigenvalue weighted by Crippen LogP contribution is -2.44. The number of unbranched alkanes of at least 4 members (excludes halogenated alkanes) is 2. The summed E-state index contributed by atoms with van der Waals surface area (Å²) in [6.45, 7) is 19.8. The molecule has 0 spiro atoms. The molecule has 0 N–H and O–H groups in total. The van der Waals surface area contributed by atoms with E-state index in [9.17, 15) is 0 Å². The number of quaternary nitrogens is 2. The van der Waals surface area contributed by atoms with Gasteiger partial charge in [-0.1, -0.05) is 132 Å². The van der Waals surface area contributed by atoms with Crippen LogP contribution in [0.4, 0.5) is 0 Å². The van der Waals surface area contributed by atoms with Crippen LogP contribution in [0, 0.1) is 47.4 Å². The second kappa shape index (κ2) is 27.9. The molecule has 0 amide bonds. The lowest BCUT2D eigenvalue weighted by Gasteiger charge is -2.32. The molecule has 11 rings (SSSR count). The molecule has 0 unspecified atom stereocenters. The molecule has 436 valence electrons. The quantitative estimate of drug-likeness (QED) is 0.0416. The summed E-state index contributed by atoms with van der Waals surface area (Å²) in [5.74, 6) is 28.8. The Morgan fingerprint density at radius 3 is 0.884 bits per heavy atom. The van der Waals surface area contributed by atoms with E-state index >= 15 is 0 Å². The van der Waals surface area contributed by atoms with Crippen molar-refractivity contribution in [3.05, 3.63) is 178 Å². The van der Waals surface area contributed by atoms with Gasteiger partial charge in [0, 0.05) is 22.3 Å². The van der Waals surface area contributed by atoms with Crippen molar-refractivity contribution in [2.75, 3.05) is 93.0 Å².